The summed E-state index contributed by atoms with van der Waals surface area (Å²) in [6, 6.07) is 50.6. The molecule has 0 saturated heterocycles. The van der Waals surface area contributed by atoms with Gasteiger partial charge in [0.05, 0.1) is 6.54 Å². The van der Waals surface area contributed by atoms with Crippen molar-refractivity contribution >= 4 is 5.65 Å². The molecule has 0 aliphatic heterocycles. The number of hydrogen-bond acceptors (Lipinski definition) is 5. The highest BCUT2D eigenvalue weighted by Crippen LogP contribution is 2.43. The fraction of sp³-hybridized carbons (Fsp3) is 0.125. The van der Waals surface area contributed by atoms with Crippen molar-refractivity contribution in [2.45, 2.75) is 32.4 Å². The van der Waals surface area contributed by atoms with Crippen LogP contribution >= 0.6 is 0 Å². The van der Waals surface area contributed by atoms with E-state index in [1.165, 1.54) is 5.56 Å². The summed E-state index contributed by atoms with van der Waals surface area (Å²) in [6.45, 7) is 4.86. The maximum atomic E-state index is 4.77. The number of aryl methyl sites for hydroxylation is 2. The molecule has 8 nitrogen and oxygen atoms in total. The summed E-state index contributed by atoms with van der Waals surface area (Å²) in [5.74, 6) is 1.53. The molecule has 0 bridgehead atoms. The van der Waals surface area contributed by atoms with Gasteiger partial charge >= 0.3 is 0 Å². The molecule has 234 valence electrons. The molecule has 0 aliphatic rings. The van der Waals surface area contributed by atoms with Gasteiger partial charge in [0.1, 0.15) is 5.54 Å². The van der Waals surface area contributed by atoms with Crippen LogP contribution in [0.3, 0.4) is 0 Å². The molecule has 0 amide bonds. The van der Waals surface area contributed by atoms with Crippen LogP contribution in [0.2, 0.25) is 0 Å². The number of aromatic nitrogens is 8. The average molecular weight is 627 g/mol. The van der Waals surface area contributed by atoms with Crippen LogP contribution in [-0.2, 0) is 18.5 Å². The van der Waals surface area contributed by atoms with E-state index in [1.54, 1.807) is 0 Å². The third-order valence-corrected chi connectivity index (χ3v) is 9.08. The van der Waals surface area contributed by atoms with Gasteiger partial charge in [-0.25, -0.2) is 9.67 Å². The highest BCUT2D eigenvalue weighted by atomic mass is 15.6. The second-order valence-electron chi connectivity index (χ2n) is 11.9. The van der Waals surface area contributed by atoms with Gasteiger partial charge in [0.2, 0.25) is 0 Å². The average Bonchev–Trinajstić information content (AvgIpc) is 3.87. The molecule has 8 rings (SSSR count). The van der Waals surface area contributed by atoms with Gasteiger partial charge in [0.15, 0.2) is 17.3 Å². The van der Waals surface area contributed by atoms with Gasteiger partial charge in [-0.3, -0.25) is 4.68 Å². The van der Waals surface area contributed by atoms with Crippen molar-refractivity contribution < 1.29 is 0 Å². The first-order valence-electron chi connectivity index (χ1n) is 16.2. The minimum Gasteiger partial charge on any atom is -0.263 e. The lowest BCUT2D eigenvalue weighted by atomic mass is 9.77. The molecular weight excluding hydrogens is 592 g/mol. The van der Waals surface area contributed by atoms with Crippen molar-refractivity contribution in [2.24, 2.45) is 0 Å². The third kappa shape index (κ3) is 4.89. The maximum Gasteiger partial charge on any atom is 0.184 e. The Labute approximate surface area is 278 Å². The van der Waals surface area contributed by atoms with Crippen molar-refractivity contribution in [3.05, 3.63) is 179 Å². The van der Waals surface area contributed by atoms with Crippen LogP contribution in [0.1, 0.15) is 40.7 Å². The molecule has 0 fully saturated rings. The Kier molecular flexibility index (Phi) is 7.45. The first-order valence-corrected chi connectivity index (χ1v) is 16.2. The van der Waals surface area contributed by atoms with E-state index in [2.05, 4.69) is 150 Å². The van der Waals surface area contributed by atoms with Crippen LogP contribution in [0.25, 0.3) is 28.2 Å². The van der Waals surface area contributed by atoms with E-state index in [1.807, 2.05) is 33.6 Å². The van der Waals surface area contributed by atoms with E-state index in [-0.39, 0.29) is 0 Å². The highest BCUT2D eigenvalue weighted by Gasteiger charge is 2.42. The number of tetrazole rings is 1. The predicted octanol–water partition coefficient (Wildman–Crippen LogP) is 7.61. The van der Waals surface area contributed by atoms with E-state index in [0.29, 0.717) is 12.4 Å². The van der Waals surface area contributed by atoms with E-state index in [9.17, 15) is 0 Å². The SMILES string of the molecule is CCc1nc2cc(C)n(Cc3ccc(-c4ccccc4-c4nnnn4C(c4ccccc4)(c4ccccc4)c4ccccc4)cc3)n2n1. The molecule has 0 N–H and O–H groups in total. The summed E-state index contributed by atoms with van der Waals surface area (Å²) < 4.78 is 6.06. The fourth-order valence-corrected chi connectivity index (χ4v) is 6.76. The Morgan fingerprint density at radius 2 is 1.21 bits per heavy atom. The quantitative estimate of drug-likeness (QED) is 0.154. The monoisotopic (exact) mass is 626 g/mol. The van der Waals surface area contributed by atoms with Crippen molar-refractivity contribution in [1.29, 1.82) is 0 Å². The fourth-order valence-electron chi connectivity index (χ4n) is 6.76. The molecule has 0 unspecified atom stereocenters. The van der Waals surface area contributed by atoms with Crippen molar-refractivity contribution in [3.63, 3.8) is 0 Å². The van der Waals surface area contributed by atoms with Crippen LogP contribution in [0, 0.1) is 6.92 Å². The van der Waals surface area contributed by atoms with E-state index in [4.69, 9.17) is 15.4 Å². The standard InChI is InChI=1S/C40H34N8/c1-3-37-41-38-27-29(2)46(48(38)43-37)28-30-23-25-31(26-24-30)35-21-13-14-22-36(35)39-42-44-45-47(39)40(32-15-7-4-8-16-32,33-17-9-5-10-18-33)34-19-11-6-12-20-34/h4-27H,3,28H2,1-2H3. The largest absolute Gasteiger partial charge is 0.263 e. The highest BCUT2D eigenvalue weighted by molar-refractivity contribution is 5.81. The second kappa shape index (κ2) is 12.2. The molecule has 8 aromatic rings. The Bertz CT molecular complexity index is 2200. The smallest absolute Gasteiger partial charge is 0.184 e. The third-order valence-electron chi connectivity index (χ3n) is 9.08. The number of benzene rings is 5. The number of rotatable bonds is 9. The molecule has 8 heteroatoms. The van der Waals surface area contributed by atoms with Crippen molar-refractivity contribution in [1.82, 2.24) is 39.6 Å². The Balaban J connectivity index is 1.24. The van der Waals surface area contributed by atoms with Crippen LogP contribution in [0.5, 0.6) is 0 Å². The van der Waals surface area contributed by atoms with E-state index >= 15 is 0 Å². The zero-order valence-corrected chi connectivity index (χ0v) is 26.8. The molecule has 0 radical (unpaired) electrons. The summed E-state index contributed by atoms with van der Waals surface area (Å²) >= 11 is 0. The lowest BCUT2D eigenvalue weighted by molar-refractivity contribution is 0.451. The molecule has 0 aliphatic carbocycles. The van der Waals surface area contributed by atoms with Crippen LogP contribution in [-0.4, -0.2) is 39.6 Å². The van der Waals surface area contributed by atoms with Gasteiger partial charge in [-0.15, -0.1) is 10.2 Å². The van der Waals surface area contributed by atoms with Gasteiger partial charge < -0.3 is 0 Å². The Morgan fingerprint density at radius 3 is 1.79 bits per heavy atom. The summed E-state index contributed by atoms with van der Waals surface area (Å²) in [4.78, 5) is 4.64. The molecule has 48 heavy (non-hydrogen) atoms. The van der Waals surface area contributed by atoms with E-state index < -0.39 is 5.54 Å². The first-order chi connectivity index (χ1) is 23.7. The zero-order valence-electron chi connectivity index (χ0n) is 26.8. The molecule has 3 aromatic heterocycles. The van der Waals surface area contributed by atoms with Crippen LogP contribution in [0.15, 0.2) is 146 Å². The molecule has 0 spiro atoms. The van der Waals surface area contributed by atoms with Crippen LogP contribution in [0.4, 0.5) is 0 Å². The topological polar surface area (TPSA) is 78.7 Å². The van der Waals surface area contributed by atoms with Crippen molar-refractivity contribution in [2.75, 3.05) is 0 Å². The second-order valence-corrected chi connectivity index (χ2v) is 11.9. The summed E-state index contributed by atoms with van der Waals surface area (Å²) in [5, 5.41) is 18.5. The van der Waals surface area contributed by atoms with Gasteiger partial charge in [0, 0.05) is 23.7 Å². The lowest BCUT2D eigenvalue weighted by Crippen LogP contribution is -2.39. The van der Waals surface area contributed by atoms with Gasteiger partial charge in [-0.05, 0) is 50.7 Å². The van der Waals surface area contributed by atoms with Gasteiger partial charge in [0.25, 0.3) is 0 Å². The van der Waals surface area contributed by atoms with Gasteiger partial charge in [-0.2, -0.15) is 4.63 Å². The number of nitrogens with zero attached hydrogens (tertiary/aromatic N) is 8. The van der Waals surface area contributed by atoms with Crippen LogP contribution < -0.4 is 0 Å². The molecule has 0 atom stereocenters. The first kappa shape index (κ1) is 29.3. The minimum absolute atomic E-state index is 0.675. The van der Waals surface area contributed by atoms with E-state index in [0.717, 1.165) is 57.0 Å². The van der Waals surface area contributed by atoms with Gasteiger partial charge in [-0.1, -0.05) is 146 Å². The predicted molar refractivity (Wildman–Crippen MR) is 187 cm³/mol. The molecule has 0 saturated carbocycles. The minimum atomic E-state index is -0.835. The zero-order chi connectivity index (χ0) is 32.5. The molecular formula is C40H34N8. The maximum absolute atomic E-state index is 4.77. The summed E-state index contributed by atoms with van der Waals surface area (Å²) in [7, 11) is 0. The van der Waals surface area contributed by atoms with Crippen molar-refractivity contribution in [3.8, 4) is 22.5 Å². The Morgan fingerprint density at radius 1 is 0.646 bits per heavy atom. The summed E-state index contributed by atoms with van der Waals surface area (Å²) in [6.07, 6.45) is 0.807. The molecule has 3 heterocycles. The number of hydrogen-bond donors (Lipinski definition) is 0. The number of fused-ring (bicyclic) bond motifs is 1. The summed E-state index contributed by atoms with van der Waals surface area (Å²) in [5.41, 5.74) is 8.59. The normalized spacial score (nSPS) is 11.7. The lowest BCUT2D eigenvalue weighted by Gasteiger charge is -2.36. The molecule has 5 aromatic carbocycles. The Hall–Kier alpha value is -6.15.